The van der Waals surface area contributed by atoms with Gasteiger partial charge in [0.2, 0.25) is 11.8 Å². The van der Waals surface area contributed by atoms with Gasteiger partial charge in [-0.3, -0.25) is 14.5 Å². The summed E-state index contributed by atoms with van der Waals surface area (Å²) in [5, 5.41) is 3.60. The number of carbonyl (C=O) groups is 2. The average Bonchev–Trinajstić information content (AvgIpc) is 3.42. The Morgan fingerprint density at radius 1 is 1.19 bits per heavy atom. The molecule has 1 N–H and O–H groups in total. The number of benzene rings is 2. The standard InChI is InChI=1S/C20H18ClN3O2S/c21-13-5-4-8-15(11-13)22-18(25)12-17-19(26)24(16-9-10-16)20(27-17)23-14-6-2-1-3-7-14/h1-8,11,16-17H,9-10,12H2,(H,22,25)/t17-/m0/s1. The SMILES string of the molecule is O=C(C[C@@H]1SC(=Nc2ccccc2)N(C2CC2)C1=O)Nc1cccc(Cl)c1. The summed E-state index contributed by atoms with van der Waals surface area (Å²) in [7, 11) is 0. The highest BCUT2D eigenvalue weighted by Gasteiger charge is 2.46. The number of rotatable bonds is 5. The number of thioether (sulfide) groups is 1. The molecule has 2 fully saturated rings. The summed E-state index contributed by atoms with van der Waals surface area (Å²) in [6.07, 6.45) is 2.08. The molecule has 2 aromatic carbocycles. The third kappa shape index (κ3) is 4.34. The zero-order valence-corrected chi connectivity index (χ0v) is 16.0. The van der Waals surface area contributed by atoms with Crippen molar-refractivity contribution in [2.45, 2.75) is 30.6 Å². The molecule has 27 heavy (non-hydrogen) atoms. The largest absolute Gasteiger partial charge is 0.326 e. The number of aliphatic imine (C=N–C) groups is 1. The van der Waals surface area contributed by atoms with Crippen LogP contribution in [0.3, 0.4) is 0 Å². The Labute approximate surface area is 166 Å². The molecule has 2 amide bonds. The van der Waals surface area contributed by atoms with Gasteiger partial charge < -0.3 is 5.32 Å². The molecule has 0 bridgehead atoms. The van der Waals surface area contributed by atoms with Crippen LogP contribution in [0.1, 0.15) is 19.3 Å². The molecule has 1 aliphatic heterocycles. The molecule has 0 aromatic heterocycles. The summed E-state index contributed by atoms with van der Waals surface area (Å²) in [5.74, 6) is -0.238. The van der Waals surface area contributed by atoms with Crippen molar-refractivity contribution >= 4 is 51.7 Å². The number of hydrogen-bond acceptors (Lipinski definition) is 4. The fourth-order valence-electron chi connectivity index (χ4n) is 2.92. The Bertz CT molecular complexity index is 899. The van der Waals surface area contributed by atoms with Crippen LogP contribution in [0.5, 0.6) is 0 Å². The number of amidine groups is 1. The third-order valence-corrected chi connectivity index (χ3v) is 5.73. The zero-order chi connectivity index (χ0) is 18.8. The van der Waals surface area contributed by atoms with E-state index in [0.29, 0.717) is 15.9 Å². The number of nitrogens with one attached hydrogen (secondary N) is 1. The third-order valence-electron chi connectivity index (χ3n) is 4.34. The van der Waals surface area contributed by atoms with Crippen LogP contribution in [-0.4, -0.2) is 33.2 Å². The van der Waals surface area contributed by atoms with E-state index in [-0.39, 0.29) is 24.3 Å². The maximum absolute atomic E-state index is 12.9. The van der Waals surface area contributed by atoms with Crippen LogP contribution in [0, 0.1) is 0 Å². The number of hydrogen-bond donors (Lipinski definition) is 1. The fourth-order valence-corrected chi connectivity index (χ4v) is 4.33. The van der Waals surface area contributed by atoms with E-state index in [4.69, 9.17) is 11.6 Å². The van der Waals surface area contributed by atoms with Gasteiger partial charge >= 0.3 is 0 Å². The van der Waals surface area contributed by atoms with E-state index in [0.717, 1.165) is 18.5 Å². The van der Waals surface area contributed by atoms with Crippen LogP contribution in [-0.2, 0) is 9.59 Å². The fraction of sp³-hybridized carbons (Fsp3) is 0.250. The van der Waals surface area contributed by atoms with Crippen molar-refractivity contribution in [3.05, 3.63) is 59.6 Å². The van der Waals surface area contributed by atoms with Gasteiger partial charge in [0.25, 0.3) is 0 Å². The van der Waals surface area contributed by atoms with Gasteiger partial charge in [-0.1, -0.05) is 47.6 Å². The van der Waals surface area contributed by atoms with Crippen molar-refractivity contribution in [3.8, 4) is 0 Å². The minimum Gasteiger partial charge on any atom is -0.326 e. The van der Waals surface area contributed by atoms with E-state index < -0.39 is 5.25 Å². The van der Waals surface area contributed by atoms with Gasteiger partial charge in [0.15, 0.2) is 5.17 Å². The monoisotopic (exact) mass is 399 g/mol. The first-order valence-electron chi connectivity index (χ1n) is 8.79. The molecule has 7 heteroatoms. The van der Waals surface area contributed by atoms with Crippen molar-refractivity contribution in [2.24, 2.45) is 4.99 Å². The normalized spacial score (nSPS) is 20.9. The molecule has 1 saturated heterocycles. The van der Waals surface area contributed by atoms with E-state index in [1.165, 1.54) is 11.8 Å². The minimum absolute atomic E-state index is 0.0292. The van der Waals surface area contributed by atoms with Crippen molar-refractivity contribution in [3.63, 3.8) is 0 Å². The van der Waals surface area contributed by atoms with Crippen LogP contribution >= 0.6 is 23.4 Å². The van der Waals surface area contributed by atoms with Crippen molar-refractivity contribution in [2.75, 3.05) is 5.32 Å². The molecule has 0 radical (unpaired) electrons. The van der Waals surface area contributed by atoms with Crippen LogP contribution < -0.4 is 5.32 Å². The quantitative estimate of drug-likeness (QED) is 0.807. The summed E-state index contributed by atoms with van der Waals surface area (Å²) >= 11 is 7.32. The predicted octanol–water partition coefficient (Wildman–Crippen LogP) is 4.46. The second-order valence-electron chi connectivity index (χ2n) is 6.54. The van der Waals surface area contributed by atoms with Crippen LogP contribution in [0.25, 0.3) is 0 Å². The topological polar surface area (TPSA) is 61.8 Å². The summed E-state index contributed by atoms with van der Waals surface area (Å²) in [6.45, 7) is 0. The Balaban J connectivity index is 1.47. The lowest BCUT2D eigenvalue weighted by Crippen LogP contribution is -2.35. The van der Waals surface area contributed by atoms with Gasteiger partial charge in [-0.2, -0.15) is 0 Å². The maximum atomic E-state index is 12.9. The lowest BCUT2D eigenvalue weighted by Gasteiger charge is -2.15. The number of nitrogens with zero attached hydrogens (tertiary/aromatic N) is 2. The van der Waals surface area contributed by atoms with E-state index in [1.54, 1.807) is 29.2 Å². The number of anilines is 1. The minimum atomic E-state index is -0.452. The molecule has 0 unspecified atom stereocenters. The molecule has 1 atom stereocenters. The number of para-hydroxylation sites is 1. The number of amides is 2. The molecule has 1 aliphatic carbocycles. The zero-order valence-electron chi connectivity index (χ0n) is 14.5. The van der Waals surface area contributed by atoms with Gasteiger partial charge in [0.05, 0.1) is 5.69 Å². The first-order valence-corrected chi connectivity index (χ1v) is 10.0. The molecule has 1 heterocycles. The Morgan fingerprint density at radius 3 is 2.67 bits per heavy atom. The van der Waals surface area contributed by atoms with Crippen molar-refractivity contribution < 1.29 is 9.59 Å². The highest BCUT2D eigenvalue weighted by molar-refractivity contribution is 8.15. The highest BCUT2D eigenvalue weighted by Crippen LogP contribution is 2.39. The smallest absolute Gasteiger partial charge is 0.242 e. The first kappa shape index (κ1) is 18.1. The van der Waals surface area contributed by atoms with Crippen molar-refractivity contribution in [1.29, 1.82) is 0 Å². The summed E-state index contributed by atoms with van der Waals surface area (Å²) in [4.78, 5) is 31.7. The van der Waals surface area contributed by atoms with E-state index in [9.17, 15) is 9.59 Å². The molecule has 2 aliphatic rings. The van der Waals surface area contributed by atoms with Gasteiger partial charge in [-0.25, -0.2) is 4.99 Å². The van der Waals surface area contributed by atoms with E-state index in [2.05, 4.69) is 10.3 Å². The van der Waals surface area contributed by atoms with Gasteiger partial charge in [0, 0.05) is 23.2 Å². The van der Waals surface area contributed by atoms with E-state index in [1.807, 2.05) is 30.3 Å². The molecule has 5 nitrogen and oxygen atoms in total. The lowest BCUT2D eigenvalue weighted by molar-refractivity contribution is -0.128. The summed E-state index contributed by atoms with van der Waals surface area (Å²) < 4.78 is 0. The van der Waals surface area contributed by atoms with Gasteiger partial charge in [-0.05, 0) is 43.2 Å². The van der Waals surface area contributed by atoms with E-state index >= 15 is 0 Å². The van der Waals surface area contributed by atoms with Crippen LogP contribution in [0.2, 0.25) is 5.02 Å². The van der Waals surface area contributed by atoms with Crippen molar-refractivity contribution in [1.82, 2.24) is 4.90 Å². The van der Waals surface area contributed by atoms with Gasteiger partial charge in [0.1, 0.15) is 5.25 Å². The second kappa shape index (κ2) is 7.74. The molecular formula is C20H18ClN3O2S. The first-order chi connectivity index (χ1) is 13.1. The molecule has 1 saturated carbocycles. The Morgan fingerprint density at radius 2 is 1.96 bits per heavy atom. The molecular weight excluding hydrogens is 382 g/mol. The number of carbonyl (C=O) groups excluding carboxylic acids is 2. The maximum Gasteiger partial charge on any atom is 0.242 e. The summed E-state index contributed by atoms with van der Waals surface area (Å²) in [5.41, 5.74) is 1.43. The molecule has 0 spiro atoms. The summed E-state index contributed by atoms with van der Waals surface area (Å²) in [6, 6.07) is 16.8. The molecule has 4 rings (SSSR count). The molecule has 2 aromatic rings. The number of halogens is 1. The molecule has 138 valence electrons. The lowest BCUT2D eigenvalue weighted by atomic mass is 10.2. The van der Waals surface area contributed by atoms with Crippen LogP contribution in [0.15, 0.2) is 59.6 Å². The Kier molecular flexibility index (Phi) is 5.18. The Hall–Kier alpha value is -2.31. The predicted molar refractivity (Wildman–Crippen MR) is 109 cm³/mol. The second-order valence-corrected chi connectivity index (χ2v) is 8.14. The van der Waals surface area contributed by atoms with Gasteiger partial charge in [-0.15, -0.1) is 0 Å². The van der Waals surface area contributed by atoms with Crippen LogP contribution in [0.4, 0.5) is 11.4 Å². The highest BCUT2D eigenvalue weighted by atomic mass is 35.5. The average molecular weight is 400 g/mol.